The molecule has 2 fully saturated rings. The summed E-state index contributed by atoms with van der Waals surface area (Å²) >= 11 is 6.12. The Bertz CT molecular complexity index is 829. The lowest BCUT2D eigenvalue weighted by Crippen LogP contribution is -2.55. The topological polar surface area (TPSA) is 97.1 Å². The largest absolute Gasteiger partial charge is 0.496 e. The van der Waals surface area contributed by atoms with Crippen molar-refractivity contribution < 1.29 is 19.1 Å². The van der Waals surface area contributed by atoms with Crippen LogP contribution < -0.4 is 15.8 Å². The van der Waals surface area contributed by atoms with Crippen molar-refractivity contribution in [1.29, 1.82) is 0 Å². The number of amides is 2. The summed E-state index contributed by atoms with van der Waals surface area (Å²) in [6.45, 7) is 6.36. The van der Waals surface area contributed by atoms with Crippen LogP contribution in [-0.4, -0.2) is 80.7 Å². The molecule has 2 atom stereocenters. The number of halogens is 1. The lowest BCUT2D eigenvalue weighted by molar-refractivity contribution is -0.132. The molecule has 2 aliphatic heterocycles. The number of methoxy groups -OCH3 is 2. The number of benzene rings is 1. The molecule has 3 N–H and O–H groups in total. The Morgan fingerprint density at radius 1 is 1.18 bits per heavy atom. The maximum Gasteiger partial charge on any atom is 0.255 e. The molecule has 0 aliphatic carbocycles. The highest BCUT2D eigenvalue weighted by Crippen LogP contribution is 2.29. The molecule has 3 rings (SSSR count). The van der Waals surface area contributed by atoms with Gasteiger partial charge in [-0.3, -0.25) is 9.59 Å². The van der Waals surface area contributed by atoms with Crippen LogP contribution in [0.25, 0.3) is 0 Å². The molecule has 1 aromatic carbocycles. The fraction of sp³-hybridized carbons (Fsp3) is 0.667. The molecule has 0 spiro atoms. The maximum atomic E-state index is 12.9. The molecule has 0 aromatic heterocycles. The quantitative estimate of drug-likeness (QED) is 0.555. The molecule has 8 nitrogen and oxygen atoms in total. The predicted octanol–water partition coefficient (Wildman–Crippen LogP) is 2.79. The van der Waals surface area contributed by atoms with E-state index in [1.165, 1.54) is 7.11 Å². The van der Waals surface area contributed by atoms with Crippen molar-refractivity contribution in [2.75, 3.05) is 52.7 Å². The molecule has 2 aliphatic rings. The number of carbonyl (C=O) groups excluding carboxylic acids is 2. The summed E-state index contributed by atoms with van der Waals surface area (Å²) in [4.78, 5) is 29.2. The second-order valence-electron chi connectivity index (χ2n) is 8.98. The molecule has 0 unspecified atom stereocenters. The van der Waals surface area contributed by atoms with Crippen LogP contribution in [0.4, 0.5) is 5.69 Å². The van der Waals surface area contributed by atoms with Crippen LogP contribution in [0.5, 0.6) is 5.75 Å². The van der Waals surface area contributed by atoms with Gasteiger partial charge in [-0.15, -0.1) is 0 Å². The normalized spacial score (nSPS) is 22.2. The molecule has 2 amide bonds. The Balaban J connectivity index is 1.49. The van der Waals surface area contributed by atoms with Gasteiger partial charge in [-0.2, -0.15) is 0 Å². The molecule has 2 heterocycles. The van der Waals surface area contributed by atoms with Crippen LogP contribution in [0.2, 0.25) is 5.02 Å². The highest BCUT2D eigenvalue weighted by Gasteiger charge is 2.32. The van der Waals surface area contributed by atoms with E-state index in [1.807, 2.05) is 11.8 Å². The summed E-state index contributed by atoms with van der Waals surface area (Å²) in [5.41, 5.74) is 6.56. The number of nitrogen functional groups attached to an aromatic ring is 1. The minimum absolute atomic E-state index is 0.0944. The van der Waals surface area contributed by atoms with E-state index in [0.29, 0.717) is 34.4 Å². The van der Waals surface area contributed by atoms with Crippen molar-refractivity contribution in [2.24, 2.45) is 5.92 Å². The minimum atomic E-state index is -0.248. The van der Waals surface area contributed by atoms with Gasteiger partial charge in [-0.25, -0.2) is 0 Å². The predicted molar refractivity (Wildman–Crippen MR) is 130 cm³/mol. The molecule has 0 radical (unpaired) electrons. The van der Waals surface area contributed by atoms with Gasteiger partial charge in [0.2, 0.25) is 5.91 Å². The average molecular weight is 481 g/mol. The SMILES string of the molecule is CCC(=O)N1CCC(CCN2CC[C@H](NC(=O)c3cc(Cl)c(N)cc3OC)[C@H](OC)C2)CC1. The first kappa shape index (κ1) is 25.6. The fourth-order valence-electron chi connectivity index (χ4n) is 4.81. The van der Waals surface area contributed by atoms with Crippen LogP contribution in [0, 0.1) is 5.92 Å². The van der Waals surface area contributed by atoms with Gasteiger partial charge in [0.15, 0.2) is 0 Å². The zero-order chi connectivity index (χ0) is 24.0. The minimum Gasteiger partial charge on any atom is -0.496 e. The second kappa shape index (κ2) is 11.9. The third kappa shape index (κ3) is 6.52. The van der Waals surface area contributed by atoms with E-state index < -0.39 is 0 Å². The first-order valence-electron chi connectivity index (χ1n) is 11.8. The number of hydrogen-bond donors (Lipinski definition) is 2. The highest BCUT2D eigenvalue weighted by atomic mass is 35.5. The van der Waals surface area contributed by atoms with Crippen LogP contribution in [0.3, 0.4) is 0 Å². The van der Waals surface area contributed by atoms with Gasteiger partial charge in [0.05, 0.1) is 35.5 Å². The van der Waals surface area contributed by atoms with Gasteiger partial charge in [0.1, 0.15) is 5.75 Å². The third-order valence-electron chi connectivity index (χ3n) is 6.95. The average Bonchev–Trinajstić information content (AvgIpc) is 2.84. The molecule has 2 saturated heterocycles. The summed E-state index contributed by atoms with van der Waals surface area (Å²) in [7, 11) is 3.19. The summed E-state index contributed by atoms with van der Waals surface area (Å²) < 4.78 is 11.1. The Morgan fingerprint density at radius 3 is 2.55 bits per heavy atom. The zero-order valence-electron chi connectivity index (χ0n) is 19.9. The van der Waals surface area contributed by atoms with E-state index in [4.69, 9.17) is 26.8 Å². The fourth-order valence-corrected chi connectivity index (χ4v) is 4.97. The van der Waals surface area contributed by atoms with E-state index in [9.17, 15) is 9.59 Å². The van der Waals surface area contributed by atoms with E-state index in [2.05, 4.69) is 10.2 Å². The smallest absolute Gasteiger partial charge is 0.255 e. The maximum absolute atomic E-state index is 12.9. The summed E-state index contributed by atoms with van der Waals surface area (Å²) in [5, 5.41) is 3.42. The number of nitrogens with zero attached hydrogens (tertiary/aromatic N) is 2. The van der Waals surface area contributed by atoms with Crippen molar-refractivity contribution in [1.82, 2.24) is 15.1 Å². The van der Waals surface area contributed by atoms with Gasteiger partial charge in [-0.1, -0.05) is 18.5 Å². The number of piperidine rings is 2. The summed E-state index contributed by atoms with van der Waals surface area (Å²) in [5.74, 6) is 1.07. The molecule has 0 bridgehead atoms. The Kier molecular flexibility index (Phi) is 9.23. The van der Waals surface area contributed by atoms with Gasteiger partial charge in [0, 0.05) is 45.8 Å². The van der Waals surface area contributed by atoms with Crippen LogP contribution in [-0.2, 0) is 9.53 Å². The Morgan fingerprint density at radius 2 is 1.91 bits per heavy atom. The van der Waals surface area contributed by atoms with Crippen molar-refractivity contribution in [3.8, 4) is 5.75 Å². The molecular formula is C24H37ClN4O4. The number of nitrogens with two attached hydrogens (primary N) is 1. The monoisotopic (exact) mass is 480 g/mol. The highest BCUT2D eigenvalue weighted by molar-refractivity contribution is 6.33. The van der Waals surface area contributed by atoms with Crippen LogP contribution >= 0.6 is 11.6 Å². The number of hydrogen-bond acceptors (Lipinski definition) is 6. The third-order valence-corrected chi connectivity index (χ3v) is 7.28. The van der Waals surface area contributed by atoms with Crippen molar-refractivity contribution >= 4 is 29.1 Å². The van der Waals surface area contributed by atoms with Crippen molar-refractivity contribution in [3.05, 3.63) is 22.7 Å². The van der Waals surface area contributed by atoms with E-state index in [0.717, 1.165) is 58.4 Å². The standard InChI is InChI=1S/C24H37ClN4O4/c1-4-23(30)29-11-6-16(7-12-29)5-9-28-10-8-20(22(15-28)33-3)27-24(31)17-13-18(25)19(26)14-21(17)32-2/h13-14,16,20,22H,4-12,15,26H2,1-3H3,(H,27,31)/t20-,22+/m0/s1. The molecule has 1 aromatic rings. The van der Waals surface area contributed by atoms with Gasteiger partial charge in [-0.05, 0) is 44.2 Å². The van der Waals surface area contributed by atoms with Crippen LogP contribution in [0.15, 0.2) is 12.1 Å². The van der Waals surface area contributed by atoms with Crippen molar-refractivity contribution in [2.45, 2.75) is 51.2 Å². The number of rotatable bonds is 8. The zero-order valence-corrected chi connectivity index (χ0v) is 20.7. The van der Waals surface area contributed by atoms with Gasteiger partial charge in [0.25, 0.3) is 5.91 Å². The van der Waals surface area contributed by atoms with E-state index in [1.54, 1.807) is 19.2 Å². The number of nitrogens with one attached hydrogen (secondary N) is 1. The number of ether oxygens (including phenoxy) is 2. The van der Waals surface area contributed by atoms with E-state index >= 15 is 0 Å². The summed E-state index contributed by atoms with van der Waals surface area (Å²) in [6.07, 6.45) is 4.59. The molecular weight excluding hydrogens is 444 g/mol. The number of carbonyl (C=O) groups is 2. The lowest BCUT2D eigenvalue weighted by Gasteiger charge is -2.39. The van der Waals surface area contributed by atoms with Gasteiger partial charge >= 0.3 is 0 Å². The van der Waals surface area contributed by atoms with Crippen molar-refractivity contribution in [3.63, 3.8) is 0 Å². The Hall–Kier alpha value is -2.03. The van der Waals surface area contributed by atoms with E-state index in [-0.39, 0.29) is 24.0 Å². The Labute approximate surface area is 201 Å². The van der Waals surface area contributed by atoms with Gasteiger partial charge < -0.3 is 30.3 Å². The van der Waals surface area contributed by atoms with Crippen LogP contribution in [0.1, 0.15) is 49.4 Å². The lowest BCUT2D eigenvalue weighted by atomic mass is 9.92. The number of anilines is 1. The summed E-state index contributed by atoms with van der Waals surface area (Å²) in [6, 6.07) is 3.01. The molecule has 9 heteroatoms. The molecule has 0 saturated carbocycles. The molecule has 33 heavy (non-hydrogen) atoms. The molecule has 184 valence electrons. The first-order valence-corrected chi connectivity index (χ1v) is 12.2. The second-order valence-corrected chi connectivity index (χ2v) is 9.39. The number of likely N-dealkylation sites (tertiary alicyclic amines) is 2. The first-order chi connectivity index (χ1) is 15.9.